The van der Waals surface area contributed by atoms with Crippen molar-refractivity contribution in [1.82, 2.24) is 10.3 Å². The Balaban J connectivity index is 2.81. The normalized spacial score (nSPS) is 11.0. The van der Waals surface area contributed by atoms with Crippen LogP contribution in [0, 0.1) is 6.92 Å². The standard InChI is InChI=1S/C14H25N3O/c1-11(2)15-9-13-10-16-12(3)8-14(13)17(4)6-7-18-5/h8,10-11,15H,6-7,9H2,1-5H3. The summed E-state index contributed by atoms with van der Waals surface area (Å²) in [4.78, 5) is 6.60. The molecule has 4 nitrogen and oxygen atoms in total. The maximum atomic E-state index is 5.13. The van der Waals surface area contributed by atoms with Crippen molar-refractivity contribution in [3.05, 3.63) is 23.5 Å². The number of ether oxygens (including phenoxy) is 1. The van der Waals surface area contributed by atoms with Crippen molar-refractivity contribution in [3.63, 3.8) is 0 Å². The van der Waals surface area contributed by atoms with E-state index in [1.165, 1.54) is 11.3 Å². The number of anilines is 1. The van der Waals surface area contributed by atoms with Crippen LogP contribution >= 0.6 is 0 Å². The zero-order chi connectivity index (χ0) is 13.5. The Morgan fingerprint density at radius 1 is 1.44 bits per heavy atom. The molecule has 0 atom stereocenters. The first-order chi connectivity index (χ1) is 8.54. The fourth-order valence-corrected chi connectivity index (χ4v) is 1.73. The number of likely N-dealkylation sites (N-methyl/N-ethyl adjacent to an activating group) is 1. The average molecular weight is 251 g/mol. The first-order valence-electron chi connectivity index (χ1n) is 6.43. The Morgan fingerprint density at radius 2 is 2.17 bits per heavy atom. The summed E-state index contributed by atoms with van der Waals surface area (Å²) in [5.74, 6) is 0. The maximum absolute atomic E-state index is 5.13. The second-order valence-corrected chi connectivity index (χ2v) is 4.90. The van der Waals surface area contributed by atoms with Crippen LogP contribution in [-0.2, 0) is 11.3 Å². The highest BCUT2D eigenvalue weighted by Gasteiger charge is 2.09. The molecule has 0 saturated carbocycles. The van der Waals surface area contributed by atoms with E-state index in [1.807, 2.05) is 13.1 Å². The number of aryl methyl sites for hydroxylation is 1. The third-order valence-electron chi connectivity index (χ3n) is 2.84. The Labute approximate surface area is 110 Å². The Kier molecular flexibility index (Phi) is 6.09. The summed E-state index contributed by atoms with van der Waals surface area (Å²) < 4.78 is 5.13. The van der Waals surface area contributed by atoms with E-state index < -0.39 is 0 Å². The molecule has 1 aromatic heterocycles. The molecule has 4 heteroatoms. The molecule has 102 valence electrons. The predicted octanol–water partition coefficient (Wildman–Crippen LogP) is 1.97. The van der Waals surface area contributed by atoms with Crippen LogP contribution in [0.15, 0.2) is 12.3 Å². The van der Waals surface area contributed by atoms with Crippen LogP contribution in [0.4, 0.5) is 5.69 Å². The maximum Gasteiger partial charge on any atom is 0.0637 e. The lowest BCUT2D eigenvalue weighted by atomic mass is 10.2. The highest BCUT2D eigenvalue weighted by molar-refractivity contribution is 5.53. The van der Waals surface area contributed by atoms with Crippen molar-refractivity contribution in [1.29, 1.82) is 0 Å². The van der Waals surface area contributed by atoms with Crippen molar-refractivity contribution < 1.29 is 4.74 Å². The first kappa shape index (κ1) is 14.9. The molecule has 1 N–H and O–H groups in total. The van der Waals surface area contributed by atoms with E-state index in [9.17, 15) is 0 Å². The highest BCUT2D eigenvalue weighted by atomic mass is 16.5. The largest absolute Gasteiger partial charge is 0.383 e. The molecular formula is C14H25N3O. The van der Waals surface area contributed by atoms with Gasteiger partial charge in [0, 0.05) is 56.4 Å². The molecule has 0 aliphatic heterocycles. The van der Waals surface area contributed by atoms with E-state index in [1.54, 1.807) is 7.11 Å². The number of pyridine rings is 1. The zero-order valence-corrected chi connectivity index (χ0v) is 12.2. The van der Waals surface area contributed by atoms with Crippen LogP contribution in [0.5, 0.6) is 0 Å². The van der Waals surface area contributed by atoms with Gasteiger partial charge in [-0.15, -0.1) is 0 Å². The lowest BCUT2D eigenvalue weighted by Gasteiger charge is -2.23. The smallest absolute Gasteiger partial charge is 0.0637 e. The molecule has 0 radical (unpaired) electrons. The number of methoxy groups -OCH3 is 1. The minimum Gasteiger partial charge on any atom is -0.383 e. The molecule has 0 aliphatic rings. The number of nitrogens with one attached hydrogen (secondary N) is 1. The van der Waals surface area contributed by atoms with Gasteiger partial charge in [0.25, 0.3) is 0 Å². The topological polar surface area (TPSA) is 37.4 Å². The van der Waals surface area contributed by atoms with Gasteiger partial charge in [0.15, 0.2) is 0 Å². The fourth-order valence-electron chi connectivity index (χ4n) is 1.73. The van der Waals surface area contributed by atoms with E-state index in [2.05, 4.69) is 42.2 Å². The summed E-state index contributed by atoms with van der Waals surface area (Å²) in [5.41, 5.74) is 3.50. The average Bonchev–Trinajstić information content (AvgIpc) is 2.34. The molecule has 18 heavy (non-hydrogen) atoms. The lowest BCUT2D eigenvalue weighted by Crippen LogP contribution is -2.27. The fraction of sp³-hybridized carbons (Fsp3) is 0.643. The van der Waals surface area contributed by atoms with Gasteiger partial charge in [0.2, 0.25) is 0 Å². The lowest BCUT2D eigenvalue weighted by molar-refractivity contribution is 0.206. The van der Waals surface area contributed by atoms with Gasteiger partial charge in [-0.2, -0.15) is 0 Å². The van der Waals surface area contributed by atoms with Gasteiger partial charge in [0.1, 0.15) is 0 Å². The SMILES string of the molecule is COCCN(C)c1cc(C)ncc1CNC(C)C. The second-order valence-electron chi connectivity index (χ2n) is 4.90. The zero-order valence-electron chi connectivity index (χ0n) is 12.2. The minimum atomic E-state index is 0.475. The molecule has 0 aliphatic carbocycles. The number of rotatable bonds is 7. The third-order valence-corrected chi connectivity index (χ3v) is 2.84. The summed E-state index contributed by atoms with van der Waals surface area (Å²) >= 11 is 0. The number of aromatic nitrogens is 1. The molecule has 1 rings (SSSR count). The van der Waals surface area contributed by atoms with Crippen LogP contribution in [0.2, 0.25) is 0 Å². The van der Waals surface area contributed by atoms with Gasteiger partial charge in [-0.3, -0.25) is 4.98 Å². The van der Waals surface area contributed by atoms with Crippen molar-refractivity contribution in [2.75, 3.05) is 32.2 Å². The summed E-state index contributed by atoms with van der Waals surface area (Å²) in [6.07, 6.45) is 1.96. The van der Waals surface area contributed by atoms with Crippen LogP contribution in [-0.4, -0.2) is 38.3 Å². The van der Waals surface area contributed by atoms with Gasteiger partial charge < -0.3 is 15.0 Å². The Bertz CT molecular complexity index is 366. The first-order valence-corrected chi connectivity index (χ1v) is 6.43. The molecular weight excluding hydrogens is 226 g/mol. The Morgan fingerprint density at radius 3 is 2.78 bits per heavy atom. The molecule has 0 bridgehead atoms. The molecule has 0 saturated heterocycles. The van der Waals surface area contributed by atoms with Gasteiger partial charge in [-0.1, -0.05) is 13.8 Å². The van der Waals surface area contributed by atoms with Gasteiger partial charge in [-0.25, -0.2) is 0 Å². The molecule has 0 unspecified atom stereocenters. The number of hydrogen-bond acceptors (Lipinski definition) is 4. The molecule has 0 amide bonds. The highest BCUT2D eigenvalue weighted by Crippen LogP contribution is 2.19. The predicted molar refractivity (Wildman–Crippen MR) is 76.1 cm³/mol. The van der Waals surface area contributed by atoms with Crippen molar-refractivity contribution in [2.45, 2.75) is 33.4 Å². The van der Waals surface area contributed by atoms with Gasteiger partial charge in [0.05, 0.1) is 6.61 Å². The minimum absolute atomic E-state index is 0.475. The number of hydrogen-bond donors (Lipinski definition) is 1. The van der Waals surface area contributed by atoms with Crippen LogP contribution in [0.25, 0.3) is 0 Å². The summed E-state index contributed by atoms with van der Waals surface area (Å²) in [6.45, 7) is 8.78. The second kappa shape index (κ2) is 7.34. The van der Waals surface area contributed by atoms with E-state index in [0.717, 1.165) is 25.4 Å². The Hall–Kier alpha value is -1.13. The molecule has 1 heterocycles. The van der Waals surface area contributed by atoms with Gasteiger partial charge in [-0.05, 0) is 13.0 Å². The van der Waals surface area contributed by atoms with Crippen LogP contribution in [0.1, 0.15) is 25.1 Å². The van der Waals surface area contributed by atoms with Crippen molar-refractivity contribution in [2.24, 2.45) is 0 Å². The monoisotopic (exact) mass is 251 g/mol. The molecule has 0 spiro atoms. The summed E-state index contributed by atoms with van der Waals surface area (Å²) in [7, 11) is 3.82. The van der Waals surface area contributed by atoms with Crippen LogP contribution in [0.3, 0.4) is 0 Å². The van der Waals surface area contributed by atoms with E-state index >= 15 is 0 Å². The quantitative estimate of drug-likeness (QED) is 0.804. The molecule has 0 fully saturated rings. The third kappa shape index (κ3) is 4.63. The number of nitrogens with zero attached hydrogens (tertiary/aromatic N) is 2. The van der Waals surface area contributed by atoms with Crippen LogP contribution < -0.4 is 10.2 Å². The summed E-state index contributed by atoms with van der Waals surface area (Å²) in [6, 6.07) is 2.61. The van der Waals surface area contributed by atoms with Crippen molar-refractivity contribution in [3.8, 4) is 0 Å². The van der Waals surface area contributed by atoms with Gasteiger partial charge >= 0.3 is 0 Å². The molecule has 1 aromatic rings. The molecule has 0 aromatic carbocycles. The summed E-state index contributed by atoms with van der Waals surface area (Å²) in [5, 5.41) is 3.43. The van der Waals surface area contributed by atoms with E-state index in [4.69, 9.17) is 4.74 Å². The van der Waals surface area contributed by atoms with Crippen molar-refractivity contribution >= 4 is 5.69 Å². The van der Waals surface area contributed by atoms with E-state index in [0.29, 0.717) is 6.04 Å². The van der Waals surface area contributed by atoms with E-state index in [-0.39, 0.29) is 0 Å².